The van der Waals surface area contributed by atoms with Gasteiger partial charge in [-0.05, 0) is 40.6 Å². The first kappa shape index (κ1) is 9.54. The summed E-state index contributed by atoms with van der Waals surface area (Å²) in [6.07, 6.45) is 0.764. The van der Waals surface area contributed by atoms with Crippen LogP contribution in [0.3, 0.4) is 0 Å². The molecule has 0 saturated carbocycles. The van der Waals surface area contributed by atoms with Crippen molar-refractivity contribution >= 4 is 22.4 Å². The number of thiophene rings is 1. The van der Waals surface area contributed by atoms with Gasteiger partial charge in [-0.2, -0.15) is 11.3 Å². The molecule has 0 amide bonds. The fourth-order valence-electron chi connectivity index (χ4n) is 1.70. The zero-order chi connectivity index (χ0) is 11.0. The van der Waals surface area contributed by atoms with Gasteiger partial charge in [-0.3, -0.25) is 0 Å². The summed E-state index contributed by atoms with van der Waals surface area (Å²) < 4.78 is 13.0. The Kier molecular flexibility index (Phi) is 2.22. The summed E-state index contributed by atoms with van der Waals surface area (Å²) in [4.78, 5) is 7.54. The zero-order valence-electron chi connectivity index (χ0n) is 8.40. The van der Waals surface area contributed by atoms with Crippen molar-refractivity contribution in [3.63, 3.8) is 0 Å². The first-order valence-corrected chi connectivity index (χ1v) is 5.91. The normalized spacial score (nSPS) is 11.1. The van der Waals surface area contributed by atoms with Crippen LogP contribution in [0.25, 0.3) is 11.0 Å². The lowest BCUT2D eigenvalue weighted by Gasteiger charge is -1.90. The molecule has 4 heteroatoms. The monoisotopic (exact) mass is 232 g/mol. The van der Waals surface area contributed by atoms with Crippen molar-refractivity contribution in [1.29, 1.82) is 0 Å². The van der Waals surface area contributed by atoms with Crippen LogP contribution >= 0.6 is 11.3 Å². The Labute approximate surface area is 95.8 Å². The molecule has 0 aliphatic heterocycles. The van der Waals surface area contributed by atoms with Gasteiger partial charge in [0.2, 0.25) is 0 Å². The van der Waals surface area contributed by atoms with Crippen LogP contribution in [0, 0.1) is 5.82 Å². The summed E-state index contributed by atoms with van der Waals surface area (Å²) >= 11 is 1.67. The van der Waals surface area contributed by atoms with E-state index in [-0.39, 0.29) is 5.82 Å². The maximum atomic E-state index is 13.0. The van der Waals surface area contributed by atoms with Gasteiger partial charge in [-0.15, -0.1) is 0 Å². The number of hydrogen-bond acceptors (Lipinski definition) is 2. The molecule has 1 N–H and O–H groups in total. The molecule has 0 bridgehead atoms. The fraction of sp³-hybridized carbons (Fsp3) is 0.0833. The van der Waals surface area contributed by atoms with Gasteiger partial charge in [0.1, 0.15) is 11.6 Å². The van der Waals surface area contributed by atoms with Crippen LogP contribution in [0.4, 0.5) is 4.39 Å². The number of nitrogens with one attached hydrogen (secondary N) is 1. The van der Waals surface area contributed by atoms with Crippen LogP contribution in [0.5, 0.6) is 0 Å². The molecule has 0 unspecified atom stereocenters. The van der Waals surface area contributed by atoms with Crippen molar-refractivity contribution < 1.29 is 4.39 Å². The number of rotatable bonds is 2. The molecule has 0 radical (unpaired) electrons. The highest BCUT2D eigenvalue weighted by molar-refractivity contribution is 7.07. The molecular formula is C12H9FN2S. The minimum absolute atomic E-state index is 0.238. The standard InChI is InChI=1S/C12H9FN2S/c13-9-1-2-10-11(6-9)15-12(14-10)5-8-3-4-16-7-8/h1-4,6-7H,5H2,(H,14,15). The number of aromatic nitrogens is 2. The SMILES string of the molecule is Fc1ccc2nc(Cc3ccsc3)[nH]c2c1. The first-order chi connectivity index (χ1) is 7.81. The van der Waals surface area contributed by atoms with Gasteiger partial charge in [0.05, 0.1) is 11.0 Å². The lowest BCUT2D eigenvalue weighted by Crippen LogP contribution is -1.87. The van der Waals surface area contributed by atoms with Crippen LogP contribution in [-0.4, -0.2) is 9.97 Å². The quantitative estimate of drug-likeness (QED) is 0.721. The molecule has 16 heavy (non-hydrogen) atoms. The fourth-order valence-corrected chi connectivity index (χ4v) is 2.37. The summed E-state index contributed by atoms with van der Waals surface area (Å²) in [7, 11) is 0. The number of H-pyrrole nitrogens is 1. The number of aromatic amines is 1. The first-order valence-electron chi connectivity index (χ1n) is 4.96. The second kappa shape index (κ2) is 3.72. The molecule has 2 aromatic heterocycles. The number of hydrogen-bond donors (Lipinski definition) is 1. The maximum absolute atomic E-state index is 13.0. The second-order valence-corrected chi connectivity index (χ2v) is 4.43. The molecular weight excluding hydrogens is 223 g/mol. The Morgan fingerprint density at radius 2 is 2.25 bits per heavy atom. The Morgan fingerprint density at radius 1 is 1.31 bits per heavy atom. The molecule has 2 nitrogen and oxygen atoms in total. The second-order valence-electron chi connectivity index (χ2n) is 3.65. The Morgan fingerprint density at radius 3 is 3.06 bits per heavy atom. The van der Waals surface area contributed by atoms with Crippen LogP contribution in [-0.2, 0) is 6.42 Å². The lowest BCUT2D eigenvalue weighted by atomic mass is 10.2. The van der Waals surface area contributed by atoms with E-state index in [0.717, 1.165) is 23.3 Å². The van der Waals surface area contributed by atoms with E-state index in [2.05, 4.69) is 21.4 Å². The molecule has 80 valence electrons. The molecule has 3 rings (SSSR count). The van der Waals surface area contributed by atoms with Gasteiger partial charge in [0.15, 0.2) is 0 Å². The third-order valence-corrected chi connectivity index (χ3v) is 3.18. The summed E-state index contributed by atoms with van der Waals surface area (Å²) in [6.45, 7) is 0. The lowest BCUT2D eigenvalue weighted by molar-refractivity contribution is 0.629. The van der Waals surface area contributed by atoms with Crippen molar-refractivity contribution in [2.24, 2.45) is 0 Å². The molecule has 0 fully saturated rings. The van der Waals surface area contributed by atoms with E-state index in [1.54, 1.807) is 17.4 Å². The molecule has 3 aromatic rings. The van der Waals surface area contributed by atoms with Gasteiger partial charge in [0.25, 0.3) is 0 Å². The van der Waals surface area contributed by atoms with Crippen LogP contribution < -0.4 is 0 Å². The van der Waals surface area contributed by atoms with E-state index in [0.29, 0.717) is 0 Å². The third kappa shape index (κ3) is 1.72. The van der Waals surface area contributed by atoms with Crippen molar-refractivity contribution in [2.75, 3.05) is 0 Å². The van der Waals surface area contributed by atoms with E-state index in [1.165, 1.54) is 17.7 Å². The minimum Gasteiger partial charge on any atom is -0.342 e. The summed E-state index contributed by atoms with van der Waals surface area (Å²) in [6, 6.07) is 6.66. The summed E-state index contributed by atoms with van der Waals surface area (Å²) in [5.74, 6) is 0.636. The minimum atomic E-state index is -0.238. The Bertz CT molecular complexity index is 613. The predicted molar refractivity (Wildman–Crippen MR) is 63.2 cm³/mol. The van der Waals surface area contributed by atoms with Gasteiger partial charge >= 0.3 is 0 Å². The molecule has 0 saturated heterocycles. The molecule has 0 spiro atoms. The van der Waals surface area contributed by atoms with Crippen LogP contribution in [0.2, 0.25) is 0 Å². The van der Waals surface area contributed by atoms with Crippen LogP contribution in [0.1, 0.15) is 11.4 Å². The van der Waals surface area contributed by atoms with E-state index >= 15 is 0 Å². The maximum Gasteiger partial charge on any atom is 0.125 e. The number of benzene rings is 1. The Hall–Kier alpha value is -1.68. The highest BCUT2D eigenvalue weighted by atomic mass is 32.1. The molecule has 0 aliphatic rings. The zero-order valence-corrected chi connectivity index (χ0v) is 9.22. The van der Waals surface area contributed by atoms with E-state index in [4.69, 9.17) is 0 Å². The molecule has 0 atom stereocenters. The molecule has 2 heterocycles. The molecule has 0 aliphatic carbocycles. The van der Waals surface area contributed by atoms with Crippen molar-refractivity contribution in [3.8, 4) is 0 Å². The summed E-state index contributed by atoms with van der Waals surface area (Å²) in [5.41, 5.74) is 2.79. The number of imidazole rings is 1. The Balaban J connectivity index is 1.99. The predicted octanol–water partition coefficient (Wildman–Crippen LogP) is 3.35. The topological polar surface area (TPSA) is 28.7 Å². The van der Waals surface area contributed by atoms with Gasteiger partial charge in [0, 0.05) is 6.42 Å². The number of halogens is 1. The smallest absolute Gasteiger partial charge is 0.125 e. The van der Waals surface area contributed by atoms with Gasteiger partial charge < -0.3 is 4.98 Å². The largest absolute Gasteiger partial charge is 0.342 e. The van der Waals surface area contributed by atoms with Gasteiger partial charge in [-0.1, -0.05) is 0 Å². The highest BCUT2D eigenvalue weighted by Crippen LogP contribution is 2.16. The highest BCUT2D eigenvalue weighted by Gasteiger charge is 2.04. The van der Waals surface area contributed by atoms with Crippen molar-refractivity contribution in [3.05, 3.63) is 52.2 Å². The van der Waals surface area contributed by atoms with Crippen molar-refractivity contribution in [2.45, 2.75) is 6.42 Å². The number of fused-ring (bicyclic) bond motifs is 1. The number of nitrogens with zero attached hydrogens (tertiary/aromatic N) is 1. The van der Waals surface area contributed by atoms with E-state index in [1.807, 2.05) is 5.38 Å². The summed E-state index contributed by atoms with van der Waals surface area (Å²) in [5, 5.41) is 4.13. The van der Waals surface area contributed by atoms with E-state index < -0.39 is 0 Å². The average Bonchev–Trinajstić information content (AvgIpc) is 2.86. The third-order valence-electron chi connectivity index (χ3n) is 2.44. The molecule has 1 aromatic carbocycles. The van der Waals surface area contributed by atoms with Crippen molar-refractivity contribution in [1.82, 2.24) is 9.97 Å². The van der Waals surface area contributed by atoms with Gasteiger partial charge in [-0.25, -0.2) is 9.37 Å². The van der Waals surface area contributed by atoms with E-state index in [9.17, 15) is 4.39 Å². The average molecular weight is 232 g/mol. The van der Waals surface area contributed by atoms with Crippen LogP contribution in [0.15, 0.2) is 35.0 Å².